The number of ether oxygens (including phenoxy) is 1. The third-order valence-corrected chi connectivity index (χ3v) is 6.12. The Morgan fingerprint density at radius 3 is 2.84 bits per heavy atom. The van der Waals surface area contributed by atoms with Crippen molar-refractivity contribution in [2.45, 2.75) is 25.8 Å². The molecule has 0 amide bonds. The van der Waals surface area contributed by atoms with Crippen molar-refractivity contribution in [3.63, 3.8) is 0 Å². The van der Waals surface area contributed by atoms with Crippen LogP contribution in [-0.4, -0.2) is 50.7 Å². The highest BCUT2D eigenvalue weighted by Crippen LogP contribution is 2.30. The number of rotatable bonds is 6. The fraction of sp³-hybridized carbons (Fsp3) is 0.333. The molecule has 0 aliphatic carbocycles. The van der Waals surface area contributed by atoms with E-state index in [0.717, 1.165) is 59.3 Å². The third kappa shape index (κ3) is 4.17. The van der Waals surface area contributed by atoms with Gasteiger partial charge in [-0.25, -0.2) is 9.97 Å². The summed E-state index contributed by atoms with van der Waals surface area (Å²) in [5.41, 5.74) is 5.19. The van der Waals surface area contributed by atoms with Crippen LogP contribution < -0.4 is 20.7 Å². The zero-order valence-corrected chi connectivity index (χ0v) is 18.2. The van der Waals surface area contributed by atoms with E-state index in [1.807, 2.05) is 41.4 Å². The van der Waals surface area contributed by atoms with Gasteiger partial charge in [0.05, 0.1) is 30.3 Å². The lowest BCUT2D eigenvalue weighted by molar-refractivity contribution is 0.413. The van der Waals surface area contributed by atoms with E-state index in [1.165, 1.54) is 0 Å². The van der Waals surface area contributed by atoms with Crippen LogP contribution in [0.3, 0.4) is 0 Å². The number of thiazole rings is 1. The number of benzene rings is 1. The summed E-state index contributed by atoms with van der Waals surface area (Å²) in [6.07, 6.45) is 5.88. The van der Waals surface area contributed by atoms with Crippen LogP contribution in [0.4, 0.5) is 17.5 Å². The standard InChI is InChI=1S/C21H24N8OS/c1-13-10-29(11-23-13)16-4-3-15(9-17(16)30-2)26-21-27-19-18(31-12-24-19)20(28-21)25-14-5-7-22-8-6-14/h3-4,9-12,14,22H,5-8H2,1-2H3,(H2,25,26,27,28). The molecule has 3 N–H and O–H groups in total. The van der Waals surface area contributed by atoms with Crippen LogP contribution in [0, 0.1) is 6.92 Å². The Hall–Kier alpha value is -3.24. The number of methoxy groups -OCH3 is 1. The second-order valence-corrected chi connectivity index (χ2v) is 8.36. The molecule has 4 aromatic rings. The summed E-state index contributed by atoms with van der Waals surface area (Å²) >= 11 is 1.55. The van der Waals surface area contributed by atoms with E-state index in [-0.39, 0.29) is 0 Å². The first-order valence-electron chi connectivity index (χ1n) is 10.2. The van der Waals surface area contributed by atoms with Crippen LogP contribution in [0.2, 0.25) is 0 Å². The van der Waals surface area contributed by atoms with Gasteiger partial charge >= 0.3 is 0 Å². The molecule has 9 nitrogen and oxygen atoms in total. The SMILES string of the molecule is COc1cc(Nc2nc(NC3CCNCC3)c3scnc3n2)ccc1-n1cnc(C)c1. The monoisotopic (exact) mass is 436 g/mol. The molecule has 1 aliphatic rings. The highest BCUT2D eigenvalue weighted by Gasteiger charge is 2.17. The van der Waals surface area contributed by atoms with E-state index < -0.39 is 0 Å². The molecule has 3 aromatic heterocycles. The van der Waals surface area contributed by atoms with Crippen molar-refractivity contribution in [2.24, 2.45) is 0 Å². The van der Waals surface area contributed by atoms with Crippen LogP contribution in [0.5, 0.6) is 5.75 Å². The predicted molar refractivity (Wildman–Crippen MR) is 123 cm³/mol. The molecule has 0 radical (unpaired) electrons. The molecule has 5 rings (SSSR count). The Labute approximate surface area is 183 Å². The highest BCUT2D eigenvalue weighted by atomic mass is 32.1. The minimum atomic E-state index is 0.396. The molecule has 160 valence electrons. The lowest BCUT2D eigenvalue weighted by Gasteiger charge is -2.24. The van der Waals surface area contributed by atoms with Crippen molar-refractivity contribution >= 4 is 39.1 Å². The molecule has 0 bridgehead atoms. The Morgan fingerprint density at radius 1 is 1.19 bits per heavy atom. The van der Waals surface area contributed by atoms with Crippen molar-refractivity contribution in [1.82, 2.24) is 29.8 Å². The van der Waals surface area contributed by atoms with E-state index in [1.54, 1.807) is 24.8 Å². The van der Waals surface area contributed by atoms with Crippen LogP contribution in [0.1, 0.15) is 18.5 Å². The number of hydrogen-bond acceptors (Lipinski definition) is 9. The molecule has 1 aliphatic heterocycles. The molecule has 0 unspecified atom stereocenters. The molecule has 31 heavy (non-hydrogen) atoms. The van der Waals surface area contributed by atoms with E-state index in [2.05, 4.69) is 30.9 Å². The quantitative estimate of drug-likeness (QED) is 0.422. The first-order valence-corrected chi connectivity index (χ1v) is 11.1. The molecular formula is C21H24N8OS. The maximum atomic E-state index is 5.61. The lowest BCUT2D eigenvalue weighted by atomic mass is 10.1. The molecule has 0 atom stereocenters. The Bertz CT molecular complexity index is 1200. The maximum Gasteiger partial charge on any atom is 0.231 e. The number of aromatic nitrogens is 5. The largest absolute Gasteiger partial charge is 0.494 e. The van der Waals surface area contributed by atoms with Gasteiger partial charge in [-0.15, -0.1) is 11.3 Å². The van der Waals surface area contributed by atoms with Gasteiger partial charge in [0.25, 0.3) is 0 Å². The molecular weight excluding hydrogens is 412 g/mol. The summed E-state index contributed by atoms with van der Waals surface area (Å²) in [6, 6.07) is 6.28. The van der Waals surface area contributed by atoms with Crippen LogP contribution >= 0.6 is 11.3 Å². The lowest BCUT2D eigenvalue weighted by Crippen LogP contribution is -2.35. The molecule has 10 heteroatoms. The normalized spacial score (nSPS) is 14.6. The fourth-order valence-corrected chi connectivity index (χ4v) is 4.41. The molecule has 0 saturated carbocycles. The van der Waals surface area contributed by atoms with Crippen molar-refractivity contribution < 1.29 is 4.74 Å². The predicted octanol–water partition coefficient (Wildman–Crippen LogP) is 3.50. The van der Waals surface area contributed by atoms with Crippen molar-refractivity contribution in [3.05, 3.63) is 41.9 Å². The number of anilines is 3. The topological polar surface area (TPSA) is 102 Å². The summed E-state index contributed by atoms with van der Waals surface area (Å²) in [6.45, 7) is 3.99. The molecule has 1 saturated heterocycles. The second-order valence-electron chi connectivity index (χ2n) is 7.50. The minimum Gasteiger partial charge on any atom is -0.494 e. The van der Waals surface area contributed by atoms with Gasteiger partial charge in [0.1, 0.15) is 10.4 Å². The number of imidazole rings is 1. The first-order chi connectivity index (χ1) is 15.2. The zero-order valence-electron chi connectivity index (χ0n) is 17.4. The second kappa shape index (κ2) is 8.48. The van der Waals surface area contributed by atoms with Crippen LogP contribution in [0.15, 0.2) is 36.2 Å². The van der Waals surface area contributed by atoms with Gasteiger partial charge in [-0.05, 0) is 45.0 Å². The summed E-state index contributed by atoms with van der Waals surface area (Å²) in [7, 11) is 1.66. The Morgan fingerprint density at radius 2 is 2.06 bits per heavy atom. The summed E-state index contributed by atoms with van der Waals surface area (Å²) < 4.78 is 8.53. The van der Waals surface area contributed by atoms with E-state index >= 15 is 0 Å². The smallest absolute Gasteiger partial charge is 0.231 e. The number of fused-ring (bicyclic) bond motifs is 1. The van der Waals surface area contributed by atoms with E-state index in [0.29, 0.717) is 17.6 Å². The fourth-order valence-electron chi connectivity index (χ4n) is 3.73. The molecule has 4 heterocycles. The maximum absolute atomic E-state index is 5.61. The van der Waals surface area contributed by atoms with Crippen molar-refractivity contribution in [2.75, 3.05) is 30.8 Å². The number of nitrogens with zero attached hydrogens (tertiary/aromatic N) is 5. The average molecular weight is 437 g/mol. The average Bonchev–Trinajstić information content (AvgIpc) is 3.43. The van der Waals surface area contributed by atoms with Gasteiger partial charge in [-0.1, -0.05) is 0 Å². The van der Waals surface area contributed by atoms with Gasteiger partial charge in [0, 0.05) is 24.0 Å². The van der Waals surface area contributed by atoms with E-state index in [9.17, 15) is 0 Å². The number of aryl methyl sites for hydroxylation is 1. The number of piperidine rings is 1. The van der Waals surface area contributed by atoms with Crippen LogP contribution in [-0.2, 0) is 0 Å². The van der Waals surface area contributed by atoms with Crippen molar-refractivity contribution in [1.29, 1.82) is 0 Å². The summed E-state index contributed by atoms with van der Waals surface area (Å²) in [4.78, 5) is 18.1. The highest BCUT2D eigenvalue weighted by molar-refractivity contribution is 7.17. The minimum absolute atomic E-state index is 0.396. The zero-order chi connectivity index (χ0) is 21.2. The molecule has 1 fully saturated rings. The van der Waals surface area contributed by atoms with Gasteiger partial charge in [-0.2, -0.15) is 9.97 Å². The Balaban J connectivity index is 1.43. The molecule has 1 aromatic carbocycles. The van der Waals surface area contributed by atoms with Gasteiger partial charge in [-0.3, -0.25) is 0 Å². The van der Waals surface area contributed by atoms with Crippen molar-refractivity contribution in [3.8, 4) is 11.4 Å². The summed E-state index contributed by atoms with van der Waals surface area (Å²) in [5, 5.41) is 10.3. The van der Waals surface area contributed by atoms with Crippen LogP contribution in [0.25, 0.3) is 16.0 Å². The third-order valence-electron chi connectivity index (χ3n) is 5.30. The number of hydrogen-bond donors (Lipinski definition) is 3. The first kappa shape index (κ1) is 19.7. The number of nitrogens with one attached hydrogen (secondary N) is 3. The van der Waals surface area contributed by atoms with Gasteiger partial charge in [0.15, 0.2) is 11.5 Å². The van der Waals surface area contributed by atoms with Gasteiger partial charge < -0.3 is 25.3 Å². The van der Waals surface area contributed by atoms with Gasteiger partial charge in [0.2, 0.25) is 5.95 Å². The summed E-state index contributed by atoms with van der Waals surface area (Å²) in [5.74, 6) is 2.06. The molecule has 0 spiro atoms. The van der Waals surface area contributed by atoms with E-state index in [4.69, 9.17) is 9.72 Å². The Kier molecular flexibility index (Phi) is 5.39.